The molecule has 0 spiro atoms. The average molecular weight is 361 g/mol. The number of nitrogens with zero attached hydrogens (tertiary/aromatic N) is 3. The van der Waals surface area contributed by atoms with Crippen LogP contribution in [0.15, 0.2) is 60.9 Å². The lowest BCUT2D eigenvalue weighted by Gasteiger charge is -2.12. The highest BCUT2D eigenvalue weighted by Gasteiger charge is 2.10. The Balaban J connectivity index is 1.55. The normalized spacial score (nSPS) is 12.3. The summed E-state index contributed by atoms with van der Waals surface area (Å²) in [5.41, 5.74) is 8.27. The van der Waals surface area contributed by atoms with Crippen LogP contribution in [0.5, 0.6) is 0 Å². The number of H-pyrrole nitrogens is 1. The number of hydrogen-bond donors (Lipinski definition) is 2. The molecule has 0 bridgehead atoms. The third kappa shape index (κ3) is 2.10. The minimum atomic E-state index is 0.403. The summed E-state index contributed by atoms with van der Waals surface area (Å²) >= 11 is 0. The molecule has 3 N–H and O–H groups in total. The molecule has 0 saturated carbocycles. The zero-order valence-corrected chi connectivity index (χ0v) is 14.8. The summed E-state index contributed by atoms with van der Waals surface area (Å²) in [7, 11) is 0. The van der Waals surface area contributed by atoms with E-state index in [0.717, 1.165) is 5.56 Å². The molecule has 0 fully saturated rings. The lowest BCUT2D eigenvalue weighted by Crippen LogP contribution is -1.91. The Kier molecular flexibility index (Phi) is 2.97. The SMILES string of the molecule is Nc1ncnc2nc(C=Cc3ccc4ccc5cccc6ccc3c4c56)[nH]c12. The van der Waals surface area contributed by atoms with Crippen molar-refractivity contribution in [1.29, 1.82) is 0 Å². The first kappa shape index (κ1) is 15.1. The van der Waals surface area contributed by atoms with E-state index in [9.17, 15) is 0 Å². The van der Waals surface area contributed by atoms with E-state index in [1.165, 1.54) is 38.6 Å². The number of benzene rings is 4. The van der Waals surface area contributed by atoms with E-state index in [0.29, 0.717) is 22.8 Å². The first-order valence-electron chi connectivity index (χ1n) is 9.09. The molecule has 0 aliphatic heterocycles. The molecule has 0 saturated heterocycles. The molecular weight excluding hydrogens is 346 g/mol. The number of fused-ring (bicyclic) bond motifs is 1. The van der Waals surface area contributed by atoms with Gasteiger partial charge >= 0.3 is 0 Å². The second-order valence-corrected chi connectivity index (χ2v) is 6.92. The Morgan fingerprint density at radius 1 is 0.786 bits per heavy atom. The van der Waals surface area contributed by atoms with Crippen molar-refractivity contribution < 1.29 is 0 Å². The Hall–Kier alpha value is -3.99. The van der Waals surface area contributed by atoms with Crippen LogP contribution in [-0.2, 0) is 0 Å². The molecule has 6 rings (SSSR count). The first-order chi connectivity index (χ1) is 13.8. The number of aromatic nitrogens is 4. The van der Waals surface area contributed by atoms with Crippen molar-refractivity contribution in [3.05, 3.63) is 72.3 Å². The number of nitrogens with two attached hydrogens (primary N) is 1. The summed E-state index contributed by atoms with van der Waals surface area (Å²) in [6.45, 7) is 0. The largest absolute Gasteiger partial charge is 0.382 e. The van der Waals surface area contributed by atoms with Gasteiger partial charge in [-0.2, -0.15) is 0 Å². The summed E-state index contributed by atoms with van der Waals surface area (Å²) in [6.07, 6.45) is 5.45. The number of imidazole rings is 1. The van der Waals surface area contributed by atoms with E-state index in [-0.39, 0.29) is 0 Å². The average Bonchev–Trinajstić information content (AvgIpc) is 3.15. The third-order valence-corrected chi connectivity index (χ3v) is 5.32. The number of hydrogen-bond acceptors (Lipinski definition) is 4. The van der Waals surface area contributed by atoms with Crippen LogP contribution in [0, 0.1) is 0 Å². The fraction of sp³-hybridized carbons (Fsp3) is 0. The van der Waals surface area contributed by atoms with Crippen LogP contribution in [0.1, 0.15) is 11.4 Å². The van der Waals surface area contributed by atoms with Crippen LogP contribution in [0.2, 0.25) is 0 Å². The Bertz CT molecular complexity index is 1510. The Labute approximate surface area is 159 Å². The van der Waals surface area contributed by atoms with Gasteiger partial charge < -0.3 is 10.7 Å². The van der Waals surface area contributed by atoms with Crippen LogP contribution < -0.4 is 5.73 Å². The molecule has 0 aliphatic rings. The molecule has 2 aromatic heterocycles. The van der Waals surface area contributed by atoms with Crippen LogP contribution in [0.4, 0.5) is 5.82 Å². The topological polar surface area (TPSA) is 80.5 Å². The smallest absolute Gasteiger partial charge is 0.183 e. The predicted molar refractivity (Wildman–Crippen MR) is 115 cm³/mol. The van der Waals surface area contributed by atoms with E-state index in [4.69, 9.17) is 5.73 Å². The number of anilines is 1. The van der Waals surface area contributed by atoms with E-state index in [1.807, 2.05) is 6.08 Å². The van der Waals surface area contributed by atoms with Gasteiger partial charge in [-0.05, 0) is 44.0 Å². The monoisotopic (exact) mass is 361 g/mol. The molecule has 5 nitrogen and oxygen atoms in total. The highest BCUT2D eigenvalue weighted by Crippen LogP contribution is 2.36. The molecule has 0 radical (unpaired) electrons. The highest BCUT2D eigenvalue weighted by molar-refractivity contribution is 6.24. The van der Waals surface area contributed by atoms with E-state index < -0.39 is 0 Å². The van der Waals surface area contributed by atoms with Crippen LogP contribution in [-0.4, -0.2) is 19.9 Å². The molecule has 2 heterocycles. The number of nitrogens with one attached hydrogen (secondary N) is 1. The van der Waals surface area contributed by atoms with Gasteiger partial charge in [0.2, 0.25) is 0 Å². The summed E-state index contributed by atoms with van der Waals surface area (Å²) in [5.74, 6) is 1.10. The second-order valence-electron chi connectivity index (χ2n) is 6.92. The zero-order valence-electron chi connectivity index (χ0n) is 14.8. The Morgan fingerprint density at radius 2 is 1.54 bits per heavy atom. The molecule has 6 aromatic rings. The molecule has 0 atom stereocenters. The van der Waals surface area contributed by atoms with Gasteiger partial charge in [0, 0.05) is 0 Å². The number of nitrogen functional groups attached to an aromatic ring is 1. The van der Waals surface area contributed by atoms with Gasteiger partial charge in [0.15, 0.2) is 11.5 Å². The van der Waals surface area contributed by atoms with Crippen molar-refractivity contribution in [3.63, 3.8) is 0 Å². The van der Waals surface area contributed by atoms with E-state index in [2.05, 4.69) is 80.6 Å². The number of rotatable bonds is 2. The lowest BCUT2D eigenvalue weighted by atomic mass is 9.92. The van der Waals surface area contributed by atoms with Crippen molar-refractivity contribution >= 4 is 61.5 Å². The van der Waals surface area contributed by atoms with Crippen molar-refractivity contribution in [3.8, 4) is 0 Å². The van der Waals surface area contributed by atoms with Crippen molar-refractivity contribution in [2.45, 2.75) is 0 Å². The lowest BCUT2D eigenvalue weighted by molar-refractivity contribution is 1.20. The third-order valence-electron chi connectivity index (χ3n) is 5.32. The standard InChI is InChI=1S/C23H15N5/c24-22-21-23(26-12-25-22)28-18(27-21)11-9-13-4-5-16-7-6-14-2-1-3-15-8-10-17(13)20(16)19(14)15/h1-12H,(H3,24,25,26,27,28). The molecule has 28 heavy (non-hydrogen) atoms. The molecule has 0 amide bonds. The molecule has 5 heteroatoms. The van der Waals surface area contributed by atoms with Gasteiger partial charge in [0.05, 0.1) is 0 Å². The summed E-state index contributed by atoms with van der Waals surface area (Å²) < 4.78 is 0. The molecule has 132 valence electrons. The van der Waals surface area contributed by atoms with Gasteiger partial charge in [-0.25, -0.2) is 15.0 Å². The quantitative estimate of drug-likeness (QED) is 0.425. The molecule has 0 unspecified atom stereocenters. The van der Waals surface area contributed by atoms with Crippen LogP contribution in [0.25, 0.3) is 55.6 Å². The minimum Gasteiger partial charge on any atom is -0.382 e. The fourth-order valence-electron chi connectivity index (χ4n) is 4.02. The number of aromatic amines is 1. The van der Waals surface area contributed by atoms with Gasteiger partial charge in [-0.15, -0.1) is 0 Å². The molecular formula is C23H15N5. The van der Waals surface area contributed by atoms with E-state index >= 15 is 0 Å². The van der Waals surface area contributed by atoms with Gasteiger partial charge in [-0.1, -0.05) is 60.7 Å². The maximum Gasteiger partial charge on any atom is 0.183 e. The van der Waals surface area contributed by atoms with Gasteiger partial charge in [-0.3, -0.25) is 0 Å². The van der Waals surface area contributed by atoms with Crippen LogP contribution >= 0.6 is 0 Å². The van der Waals surface area contributed by atoms with Crippen molar-refractivity contribution in [2.24, 2.45) is 0 Å². The van der Waals surface area contributed by atoms with Crippen LogP contribution in [0.3, 0.4) is 0 Å². The maximum atomic E-state index is 5.89. The predicted octanol–water partition coefficient (Wildman–Crippen LogP) is 5.00. The first-order valence-corrected chi connectivity index (χ1v) is 9.09. The molecule has 4 aromatic carbocycles. The van der Waals surface area contributed by atoms with Gasteiger partial charge in [0.1, 0.15) is 17.7 Å². The Morgan fingerprint density at radius 3 is 2.36 bits per heavy atom. The summed E-state index contributed by atoms with van der Waals surface area (Å²) in [4.78, 5) is 15.8. The maximum absolute atomic E-state index is 5.89. The van der Waals surface area contributed by atoms with Crippen molar-refractivity contribution in [2.75, 3.05) is 5.73 Å². The highest BCUT2D eigenvalue weighted by atomic mass is 15.0. The zero-order chi connectivity index (χ0) is 18.7. The van der Waals surface area contributed by atoms with E-state index in [1.54, 1.807) is 0 Å². The summed E-state index contributed by atoms with van der Waals surface area (Å²) in [5, 5.41) is 7.64. The fourth-order valence-corrected chi connectivity index (χ4v) is 4.02. The second kappa shape index (κ2) is 5.50. The molecule has 0 aliphatic carbocycles. The van der Waals surface area contributed by atoms with Crippen molar-refractivity contribution in [1.82, 2.24) is 19.9 Å². The van der Waals surface area contributed by atoms with Gasteiger partial charge in [0.25, 0.3) is 0 Å². The summed E-state index contributed by atoms with van der Waals surface area (Å²) in [6, 6.07) is 19.6. The minimum absolute atomic E-state index is 0.403.